The molecule has 0 unspecified atom stereocenters. The van der Waals surface area contributed by atoms with Crippen molar-refractivity contribution in [1.82, 2.24) is 10.2 Å². The van der Waals surface area contributed by atoms with E-state index in [-0.39, 0.29) is 0 Å². The third kappa shape index (κ3) is 3.59. The maximum absolute atomic E-state index is 11.3. The molecule has 2 rings (SSSR count). The first-order chi connectivity index (χ1) is 8.70. The number of nitrogens with zero attached hydrogens (tertiary/aromatic N) is 1. The van der Waals surface area contributed by atoms with Crippen molar-refractivity contribution >= 4 is 12.2 Å². The molecule has 0 heterocycles. The maximum atomic E-state index is 11.3. The van der Waals surface area contributed by atoms with E-state index in [4.69, 9.17) is 0 Å². The molecule has 0 bridgehead atoms. The van der Waals surface area contributed by atoms with Gasteiger partial charge < -0.3 is 10.2 Å². The molecule has 0 aliphatic heterocycles. The average molecular weight is 250 g/mol. The second-order valence-electron chi connectivity index (χ2n) is 5.42. The van der Waals surface area contributed by atoms with Crippen molar-refractivity contribution in [2.24, 2.45) is 5.92 Å². The summed E-state index contributed by atoms with van der Waals surface area (Å²) in [7, 11) is 2.10. The van der Waals surface area contributed by atoms with Gasteiger partial charge in [0.05, 0.1) is 0 Å². The Kier molecular flexibility index (Phi) is 4.39. The summed E-state index contributed by atoms with van der Waals surface area (Å²) in [6.45, 7) is 1.08. The Hall–Kier alpha value is -1.32. The van der Waals surface area contributed by atoms with Crippen molar-refractivity contribution in [2.75, 3.05) is 13.6 Å². The van der Waals surface area contributed by atoms with Crippen molar-refractivity contribution in [3.05, 3.63) is 11.4 Å². The van der Waals surface area contributed by atoms with Crippen molar-refractivity contribution in [1.29, 1.82) is 0 Å². The van der Waals surface area contributed by atoms with Gasteiger partial charge in [-0.25, -0.2) is 0 Å². The molecule has 4 heteroatoms. The van der Waals surface area contributed by atoms with Gasteiger partial charge in [0.25, 0.3) is 5.91 Å². The second-order valence-corrected chi connectivity index (χ2v) is 5.42. The van der Waals surface area contributed by atoms with E-state index in [1.807, 2.05) is 0 Å². The molecule has 1 fully saturated rings. The summed E-state index contributed by atoms with van der Waals surface area (Å²) in [5.41, 5.74) is 2.20. The van der Waals surface area contributed by atoms with Crippen LogP contribution in [-0.4, -0.2) is 30.7 Å². The van der Waals surface area contributed by atoms with Crippen LogP contribution in [0.4, 0.5) is 0 Å². The Morgan fingerprint density at radius 2 is 2.06 bits per heavy atom. The number of hydrogen-bond donors (Lipinski definition) is 1. The van der Waals surface area contributed by atoms with E-state index >= 15 is 0 Å². The Labute approximate surface area is 108 Å². The van der Waals surface area contributed by atoms with E-state index in [9.17, 15) is 9.59 Å². The summed E-state index contributed by atoms with van der Waals surface area (Å²) in [6, 6.07) is 0. The van der Waals surface area contributed by atoms with Gasteiger partial charge in [-0.2, -0.15) is 0 Å². The second kappa shape index (κ2) is 6.03. The summed E-state index contributed by atoms with van der Waals surface area (Å²) in [5, 5.41) is 2.76. The van der Waals surface area contributed by atoms with Gasteiger partial charge in [-0.05, 0) is 44.4 Å². The Bertz CT molecular complexity index is 359. The Morgan fingerprint density at radius 3 is 2.72 bits per heavy atom. The summed E-state index contributed by atoms with van der Waals surface area (Å²) >= 11 is 0. The molecule has 0 aromatic rings. The molecule has 100 valence electrons. The third-order valence-corrected chi connectivity index (χ3v) is 3.76. The monoisotopic (exact) mass is 250 g/mol. The van der Waals surface area contributed by atoms with Gasteiger partial charge in [-0.15, -0.1) is 0 Å². The minimum absolute atomic E-state index is 0.358. The number of carbonyl (C=O) groups excluding carboxylic acids is 2. The fourth-order valence-electron chi connectivity index (χ4n) is 2.60. The minimum atomic E-state index is -0.524. The first kappa shape index (κ1) is 13.1. The molecule has 1 saturated carbocycles. The largest absolute Gasteiger partial charge is 0.376 e. The first-order valence-corrected chi connectivity index (χ1v) is 6.90. The van der Waals surface area contributed by atoms with Crippen LogP contribution < -0.4 is 5.32 Å². The fraction of sp³-hybridized carbons (Fsp3) is 0.714. The molecule has 0 saturated heterocycles. The zero-order valence-electron chi connectivity index (χ0n) is 11.1. The highest BCUT2D eigenvalue weighted by Crippen LogP contribution is 2.32. The number of aldehydes is 1. The molecule has 4 nitrogen and oxygen atoms in total. The van der Waals surface area contributed by atoms with Gasteiger partial charge >= 0.3 is 0 Å². The lowest BCUT2D eigenvalue weighted by molar-refractivity contribution is -0.130. The molecular weight excluding hydrogens is 228 g/mol. The number of hydrogen-bond acceptors (Lipinski definition) is 3. The molecule has 0 aromatic heterocycles. The molecule has 2 aliphatic carbocycles. The van der Waals surface area contributed by atoms with Crippen molar-refractivity contribution in [3.63, 3.8) is 0 Å². The lowest BCUT2D eigenvalue weighted by Gasteiger charge is -2.25. The van der Waals surface area contributed by atoms with Gasteiger partial charge in [0, 0.05) is 25.0 Å². The van der Waals surface area contributed by atoms with Crippen LogP contribution >= 0.6 is 0 Å². The quantitative estimate of drug-likeness (QED) is 0.598. The van der Waals surface area contributed by atoms with Crippen LogP contribution in [0.3, 0.4) is 0 Å². The zero-order valence-corrected chi connectivity index (χ0v) is 11.1. The Morgan fingerprint density at radius 1 is 1.33 bits per heavy atom. The summed E-state index contributed by atoms with van der Waals surface area (Å²) in [6.07, 6.45) is 8.36. The fourth-order valence-corrected chi connectivity index (χ4v) is 2.60. The lowest BCUT2D eigenvalue weighted by Crippen LogP contribution is -2.29. The van der Waals surface area contributed by atoms with E-state index in [1.165, 1.54) is 31.4 Å². The molecule has 0 spiro atoms. The van der Waals surface area contributed by atoms with Gasteiger partial charge in [0.1, 0.15) is 0 Å². The molecule has 1 amide bonds. The van der Waals surface area contributed by atoms with Gasteiger partial charge in [0.15, 0.2) is 0 Å². The van der Waals surface area contributed by atoms with Gasteiger partial charge in [0.2, 0.25) is 6.29 Å². The van der Waals surface area contributed by atoms with Crippen LogP contribution in [0.1, 0.15) is 44.9 Å². The smallest absolute Gasteiger partial charge is 0.288 e. The van der Waals surface area contributed by atoms with E-state index in [0.717, 1.165) is 37.4 Å². The highest BCUT2D eigenvalue weighted by atomic mass is 16.2. The molecule has 0 aromatic carbocycles. The SMILES string of the molecule is CN(CC1CC1)C1=C(NC(=O)C=O)CCCCC1. The lowest BCUT2D eigenvalue weighted by atomic mass is 10.2. The average Bonchev–Trinajstić information content (AvgIpc) is 3.16. The highest BCUT2D eigenvalue weighted by Gasteiger charge is 2.25. The van der Waals surface area contributed by atoms with Gasteiger partial charge in [-0.1, -0.05) is 6.42 Å². The van der Waals surface area contributed by atoms with E-state index < -0.39 is 5.91 Å². The predicted molar refractivity (Wildman–Crippen MR) is 69.7 cm³/mol. The number of carbonyl (C=O) groups is 2. The van der Waals surface area contributed by atoms with Crippen molar-refractivity contribution in [2.45, 2.75) is 44.9 Å². The summed E-state index contributed by atoms with van der Waals surface area (Å²) < 4.78 is 0. The third-order valence-electron chi connectivity index (χ3n) is 3.76. The number of amides is 1. The normalized spacial score (nSPS) is 20.3. The first-order valence-electron chi connectivity index (χ1n) is 6.90. The minimum Gasteiger partial charge on any atom is -0.376 e. The molecular formula is C14H22N2O2. The Balaban J connectivity index is 2.09. The van der Waals surface area contributed by atoms with E-state index in [0.29, 0.717) is 6.29 Å². The van der Waals surface area contributed by atoms with E-state index in [1.54, 1.807) is 0 Å². The van der Waals surface area contributed by atoms with Gasteiger partial charge in [-0.3, -0.25) is 9.59 Å². The van der Waals surface area contributed by atoms with Crippen LogP contribution in [0.5, 0.6) is 0 Å². The number of allylic oxidation sites excluding steroid dienone is 2. The predicted octanol–water partition coefficient (Wildman–Crippen LogP) is 1.82. The van der Waals surface area contributed by atoms with Crippen LogP contribution in [-0.2, 0) is 9.59 Å². The summed E-state index contributed by atoms with van der Waals surface area (Å²) in [4.78, 5) is 24.0. The van der Waals surface area contributed by atoms with Crippen LogP contribution in [0, 0.1) is 5.92 Å². The van der Waals surface area contributed by atoms with Crippen LogP contribution in [0.25, 0.3) is 0 Å². The number of rotatable bonds is 5. The summed E-state index contributed by atoms with van der Waals surface area (Å²) in [5.74, 6) is 0.304. The standard InChI is InChI=1S/C14H22N2O2/c1-16(9-11-7-8-11)13-6-4-2-3-5-12(13)15-14(18)10-17/h10-11H,2-9H2,1H3,(H,15,18). The highest BCUT2D eigenvalue weighted by molar-refractivity contribution is 6.24. The molecule has 2 aliphatic rings. The molecule has 0 radical (unpaired) electrons. The van der Waals surface area contributed by atoms with Crippen LogP contribution in [0.15, 0.2) is 11.4 Å². The van der Waals surface area contributed by atoms with Crippen molar-refractivity contribution in [3.8, 4) is 0 Å². The van der Waals surface area contributed by atoms with E-state index in [2.05, 4.69) is 17.3 Å². The van der Waals surface area contributed by atoms with Crippen molar-refractivity contribution < 1.29 is 9.59 Å². The maximum Gasteiger partial charge on any atom is 0.288 e. The topological polar surface area (TPSA) is 49.4 Å². The van der Waals surface area contributed by atoms with Crippen LogP contribution in [0.2, 0.25) is 0 Å². The zero-order chi connectivity index (χ0) is 13.0. The molecule has 1 N–H and O–H groups in total. The molecule has 18 heavy (non-hydrogen) atoms. The number of nitrogens with one attached hydrogen (secondary N) is 1. The molecule has 0 atom stereocenters.